The van der Waals surface area contributed by atoms with E-state index in [1.165, 1.54) is 0 Å². The van der Waals surface area contributed by atoms with E-state index in [0.29, 0.717) is 12.0 Å². The second kappa shape index (κ2) is 3.19. The van der Waals surface area contributed by atoms with Crippen LogP contribution in [0.4, 0.5) is 0 Å². The molecule has 0 unspecified atom stereocenters. The molecule has 0 saturated carbocycles. The molecule has 0 N–H and O–H groups in total. The summed E-state index contributed by atoms with van der Waals surface area (Å²) in [5, 5.41) is 0. The highest BCUT2D eigenvalue weighted by molar-refractivity contribution is 8.00. The Hall–Kier alpha value is 0.660. The maximum atomic E-state index is 4.43. The zero-order chi connectivity index (χ0) is 8.65. The quantitative estimate of drug-likeness (QED) is 0.498. The topological polar surface area (TPSA) is 3.24 Å². The van der Waals surface area contributed by atoms with Crippen LogP contribution in [0.3, 0.4) is 0 Å². The standard InChI is InChI=1S/C8H17NS2/c1-6(2)9-4-7(5-9)8(3,10)11/h6-7,10-11H,4-5H2,1-3H3. The maximum absolute atomic E-state index is 4.43. The summed E-state index contributed by atoms with van der Waals surface area (Å²) in [4.78, 5) is 2.44. The van der Waals surface area contributed by atoms with Crippen LogP contribution in [0.1, 0.15) is 20.8 Å². The minimum absolute atomic E-state index is 0.0919. The molecule has 11 heavy (non-hydrogen) atoms. The van der Waals surface area contributed by atoms with Gasteiger partial charge in [0.1, 0.15) is 0 Å². The van der Waals surface area contributed by atoms with Gasteiger partial charge >= 0.3 is 0 Å². The van der Waals surface area contributed by atoms with Crippen LogP contribution in [-0.2, 0) is 0 Å². The first-order chi connectivity index (χ1) is 4.91. The molecule has 1 saturated heterocycles. The molecule has 1 heterocycles. The number of hydrogen-bond donors (Lipinski definition) is 2. The van der Waals surface area contributed by atoms with Gasteiger partial charge in [0.25, 0.3) is 0 Å². The molecule has 1 aliphatic heterocycles. The third kappa shape index (κ3) is 2.30. The summed E-state index contributed by atoms with van der Waals surface area (Å²) in [7, 11) is 0. The average molecular weight is 191 g/mol. The summed E-state index contributed by atoms with van der Waals surface area (Å²) in [6.07, 6.45) is 0. The number of hydrogen-bond acceptors (Lipinski definition) is 3. The van der Waals surface area contributed by atoms with Crippen LogP contribution in [-0.4, -0.2) is 28.1 Å². The SMILES string of the molecule is CC(C)N1CC(C(C)(S)S)C1. The van der Waals surface area contributed by atoms with Crippen LogP contribution in [0.2, 0.25) is 0 Å². The Morgan fingerprint density at radius 3 is 2.09 bits per heavy atom. The van der Waals surface area contributed by atoms with Gasteiger partial charge < -0.3 is 4.90 Å². The Morgan fingerprint density at radius 1 is 1.36 bits per heavy atom. The van der Waals surface area contributed by atoms with Crippen LogP contribution in [0.15, 0.2) is 0 Å². The van der Waals surface area contributed by atoms with Gasteiger partial charge in [-0.1, -0.05) is 0 Å². The molecule has 0 atom stereocenters. The van der Waals surface area contributed by atoms with E-state index < -0.39 is 0 Å². The molecule has 0 spiro atoms. The fourth-order valence-corrected chi connectivity index (χ4v) is 1.61. The van der Waals surface area contributed by atoms with Crippen molar-refractivity contribution in [1.82, 2.24) is 4.90 Å². The highest BCUT2D eigenvalue weighted by Gasteiger charge is 2.37. The summed E-state index contributed by atoms with van der Waals surface area (Å²) in [6, 6.07) is 0.676. The molecule has 0 aromatic heterocycles. The van der Waals surface area contributed by atoms with Gasteiger partial charge in [-0.15, -0.1) is 0 Å². The van der Waals surface area contributed by atoms with E-state index in [-0.39, 0.29) is 4.08 Å². The lowest BCUT2D eigenvalue weighted by molar-refractivity contribution is 0.0643. The second-order valence-corrected chi connectivity index (χ2v) is 6.05. The third-order valence-corrected chi connectivity index (χ3v) is 3.14. The largest absolute Gasteiger partial charge is 0.300 e. The van der Waals surface area contributed by atoms with Crippen LogP contribution in [0, 0.1) is 5.92 Å². The Labute approximate surface area is 80.4 Å². The van der Waals surface area contributed by atoms with E-state index in [1.807, 2.05) is 0 Å². The van der Waals surface area contributed by atoms with Crippen molar-refractivity contribution in [2.24, 2.45) is 5.92 Å². The lowest BCUT2D eigenvalue weighted by Crippen LogP contribution is -2.55. The molecule has 1 nitrogen and oxygen atoms in total. The lowest BCUT2D eigenvalue weighted by Gasteiger charge is -2.47. The molecule has 1 aliphatic rings. The van der Waals surface area contributed by atoms with Crippen molar-refractivity contribution in [2.45, 2.75) is 30.9 Å². The van der Waals surface area contributed by atoms with Crippen molar-refractivity contribution in [3.63, 3.8) is 0 Å². The Balaban J connectivity index is 2.30. The summed E-state index contributed by atoms with van der Waals surface area (Å²) in [5.41, 5.74) is 0. The van der Waals surface area contributed by atoms with Crippen molar-refractivity contribution in [3.05, 3.63) is 0 Å². The predicted molar refractivity (Wildman–Crippen MR) is 56.6 cm³/mol. The molecular weight excluding hydrogens is 174 g/mol. The van der Waals surface area contributed by atoms with E-state index in [4.69, 9.17) is 0 Å². The number of likely N-dealkylation sites (tertiary alicyclic amines) is 1. The first-order valence-electron chi connectivity index (χ1n) is 4.10. The van der Waals surface area contributed by atoms with Crippen molar-refractivity contribution >= 4 is 25.3 Å². The Morgan fingerprint density at radius 2 is 1.82 bits per heavy atom. The molecule has 0 aromatic carbocycles. The van der Waals surface area contributed by atoms with Crippen LogP contribution < -0.4 is 0 Å². The molecule has 0 amide bonds. The number of nitrogens with zero attached hydrogens (tertiary/aromatic N) is 1. The van der Waals surface area contributed by atoms with E-state index in [2.05, 4.69) is 50.9 Å². The van der Waals surface area contributed by atoms with Gasteiger partial charge in [0.2, 0.25) is 0 Å². The van der Waals surface area contributed by atoms with Crippen LogP contribution in [0.25, 0.3) is 0 Å². The molecule has 0 bridgehead atoms. The van der Waals surface area contributed by atoms with Gasteiger partial charge in [-0.25, -0.2) is 0 Å². The first-order valence-corrected chi connectivity index (χ1v) is 4.99. The molecule has 66 valence electrons. The molecule has 0 aliphatic carbocycles. The summed E-state index contributed by atoms with van der Waals surface area (Å²) < 4.78 is -0.0919. The average Bonchev–Trinajstić information content (AvgIpc) is 1.51. The van der Waals surface area contributed by atoms with Gasteiger partial charge in [-0.05, 0) is 20.8 Å². The van der Waals surface area contributed by atoms with Gasteiger partial charge in [-0.3, -0.25) is 0 Å². The van der Waals surface area contributed by atoms with Crippen molar-refractivity contribution in [2.75, 3.05) is 13.1 Å². The van der Waals surface area contributed by atoms with E-state index in [9.17, 15) is 0 Å². The fourth-order valence-electron chi connectivity index (χ4n) is 1.28. The van der Waals surface area contributed by atoms with Crippen molar-refractivity contribution in [1.29, 1.82) is 0 Å². The minimum Gasteiger partial charge on any atom is -0.300 e. The maximum Gasteiger partial charge on any atom is 0.0576 e. The second-order valence-electron chi connectivity index (χ2n) is 3.84. The molecule has 1 rings (SSSR count). The smallest absolute Gasteiger partial charge is 0.0576 e. The van der Waals surface area contributed by atoms with Crippen molar-refractivity contribution in [3.8, 4) is 0 Å². The molecule has 3 heteroatoms. The highest BCUT2D eigenvalue weighted by atomic mass is 32.2. The zero-order valence-corrected chi connectivity index (χ0v) is 9.20. The van der Waals surface area contributed by atoms with Crippen LogP contribution in [0.5, 0.6) is 0 Å². The van der Waals surface area contributed by atoms with E-state index in [1.54, 1.807) is 0 Å². The summed E-state index contributed by atoms with van der Waals surface area (Å²) in [5.74, 6) is 0.650. The Kier molecular flexibility index (Phi) is 2.83. The molecule has 0 radical (unpaired) electrons. The van der Waals surface area contributed by atoms with Gasteiger partial charge in [0, 0.05) is 25.0 Å². The van der Waals surface area contributed by atoms with Gasteiger partial charge in [-0.2, -0.15) is 25.3 Å². The molecular formula is C8H17NS2. The molecule has 1 fully saturated rings. The molecule has 0 aromatic rings. The highest BCUT2D eigenvalue weighted by Crippen LogP contribution is 2.35. The fraction of sp³-hybridized carbons (Fsp3) is 1.00. The van der Waals surface area contributed by atoms with Gasteiger partial charge in [0.05, 0.1) is 4.08 Å². The van der Waals surface area contributed by atoms with Gasteiger partial charge in [0.15, 0.2) is 0 Å². The monoisotopic (exact) mass is 191 g/mol. The summed E-state index contributed by atoms with van der Waals surface area (Å²) >= 11 is 8.85. The normalized spacial score (nSPS) is 22.4. The lowest BCUT2D eigenvalue weighted by atomic mass is 9.95. The first kappa shape index (κ1) is 9.75. The minimum atomic E-state index is -0.0919. The van der Waals surface area contributed by atoms with Crippen LogP contribution >= 0.6 is 25.3 Å². The van der Waals surface area contributed by atoms with E-state index in [0.717, 1.165) is 13.1 Å². The predicted octanol–water partition coefficient (Wildman–Crippen LogP) is 1.90. The number of rotatable bonds is 2. The Bertz CT molecular complexity index is 134. The van der Waals surface area contributed by atoms with E-state index >= 15 is 0 Å². The number of thiol groups is 2. The van der Waals surface area contributed by atoms with Crippen molar-refractivity contribution < 1.29 is 0 Å². The summed E-state index contributed by atoms with van der Waals surface area (Å²) in [6.45, 7) is 8.83. The third-order valence-electron chi connectivity index (χ3n) is 2.41. The zero-order valence-electron chi connectivity index (χ0n) is 7.41.